The summed E-state index contributed by atoms with van der Waals surface area (Å²) in [5, 5.41) is 0. The summed E-state index contributed by atoms with van der Waals surface area (Å²) in [6, 6.07) is 2.23. The Labute approximate surface area is 93.4 Å². The van der Waals surface area contributed by atoms with E-state index in [9.17, 15) is 8.78 Å². The summed E-state index contributed by atoms with van der Waals surface area (Å²) >= 11 is 0. The summed E-state index contributed by atoms with van der Waals surface area (Å²) in [5.74, 6) is -0.952. The van der Waals surface area contributed by atoms with E-state index in [1.807, 2.05) is 0 Å². The van der Waals surface area contributed by atoms with Crippen molar-refractivity contribution in [2.24, 2.45) is 5.73 Å². The number of ether oxygens (including phenoxy) is 1. The average molecular weight is 227 g/mol. The Morgan fingerprint density at radius 3 is 2.38 bits per heavy atom. The number of rotatable bonds is 3. The Bertz CT molecular complexity index is 397. The summed E-state index contributed by atoms with van der Waals surface area (Å²) in [4.78, 5) is 0. The summed E-state index contributed by atoms with van der Waals surface area (Å²) in [5.41, 5.74) is 5.57. The molecular weight excluding hydrogens is 212 g/mol. The fourth-order valence-corrected chi connectivity index (χ4v) is 2.39. The number of benzene rings is 1. The third-order valence-electron chi connectivity index (χ3n) is 3.49. The van der Waals surface area contributed by atoms with Crippen molar-refractivity contribution in [1.29, 1.82) is 0 Å². The van der Waals surface area contributed by atoms with Crippen LogP contribution in [0.3, 0.4) is 0 Å². The molecule has 0 bridgehead atoms. The van der Waals surface area contributed by atoms with Gasteiger partial charge in [0.25, 0.3) is 0 Å². The largest absolute Gasteiger partial charge is 0.493 e. The van der Waals surface area contributed by atoms with Crippen LogP contribution in [0, 0.1) is 11.6 Å². The van der Waals surface area contributed by atoms with Gasteiger partial charge in [-0.05, 0) is 25.0 Å². The van der Waals surface area contributed by atoms with Crippen LogP contribution in [0.15, 0.2) is 12.1 Å². The van der Waals surface area contributed by atoms with E-state index in [0.717, 1.165) is 31.4 Å². The van der Waals surface area contributed by atoms with Crippen LogP contribution in [0.1, 0.15) is 24.8 Å². The van der Waals surface area contributed by atoms with E-state index >= 15 is 0 Å². The van der Waals surface area contributed by atoms with Crippen LogP contribution in [-0.2, 0) is 5.41 Å². The smallest absolute Gasteiger partial charge is 0.165 e. The minimum Gasteiger partial charge on any atom is -0.493 e. The van der Waals surface area contributed by atoms with Gasteiger partial charge < -0.3 is 10.5 Å². The van der Waals surface area contributed by atoms with Gasteiger partial charge in [-0.25, -0.2) is 8.78 Å². The van der Waals surface area contributed by atoms with Gasteiger partial charge in [0.2, 0.25) is 0 Å². The highest BCUT2D eigenvalue weighted by atomic mass is 19.1. The van der Waals surface area contributed by atoms with Crippen molar-refractivity contribution in [3.8, 4) is 5.75 Å². The number of hydrogen-bond donors (Lipinski definition) is 1. The van der Waals surface area contributed by atoms with Crippen LogP contribution in [0.5, 0.6) is 5.75 Å². The van der Waals surface area contributed by atoms with Crippen LogP contribution in [0.4, 0.5) is 8.78 Å². The normalized spacial score (nSPS) is 18.0. The molecule has 0 atom stereocenters. The SMILES string of the molecule is COc1c(F)ccc(F)c1C1(CN)CCC1. The molecule has 88 valence electrons. The van der Waals surface area contributed by atoms with Crippen molar-refractivity contribution < 1.29 is 13.5 Å². The van der Waals surface area contributed by atoms with Crippen LogP contribution in [0.2, 0.25) is 0 Å². The van der Waals surface area contributed by atoms with E-state index < -0.39 is 17.0 Å². The first-order chi connectivity index (χ1) is 7.64. The molecule has 0 spiro atoms. The molecule has 2 N–H and O–H groups in total. The van der Waals surface area contributed by atoms with Crippen molar-refractivity contribution in [1.82, 2.24) is 0 Å². The van der Waals surface area contributed by atoms with Crippen molar-refractivity contribution in [3.05, 3.63) is 29.3 Å². The number of nitrogens with two attached hydrogens (primary N) is 1. The van der Waals surface area contributed by atoms with Crippen molar-refractivity contribution in [2.45, 2.75) is 24.7 Å². The van der Waals surface area contributed by atoms with Gasteiger partial charge in [-0.3, -0.25) is 0 Å². The molecule has 1 aromatic carbocycles. The number of hydrogen-bond acceptors (Lipinski definition) is 2. The second kappa shape index (κ2) is 4.01. The molecule has 1 fully saturated rings. The molecule has 0 radical (unpaired) electrons. The summed E-state index contributed by atoms with van der Waals surface area (Å²) in [7, 11) is 1.35. The Hall–Kier alpha value is -1.16. The molecule has 1 aliphatic rings. The molecule has 1 saturated carbocycles. The zero-order chi connectivity index (χ0) is 11.8. The van der Waals surface area contributed by atoms with Crippen LogP contribution < -0.4 is 10.5 Å². The molecule has 0 unspecified atom stereocenters. The lowest BCUT2D eigenvalue weighted by atomic mass is 9.64. The van der Waals surface area contributed by atoms with Gasteiger partial charge in [-0.15, -0.1) is 0 Å². The highest BCUT2D eigenvalue weighted by Gasteiger charge is 2.42. The van der Waals surface area contributed by atoms with E-state index in [-0.39, 0.29) is 5.75 Å². The second-order valence-corrected chi connectivity index (χ2v) is 4.28. The first-order valence-electron chi connectivity index (χ1n) is 5.37. The molecule has 0 amide bonds. The molecule has 1 aliphatic carbocycles. The Balaban J connectivity index is 2.57. The molecule has 0 saturated heterocycles. The second-order valence-electron chi connectivity index (χ2n) is 4.28. The first-order valence-corrected chi connectivity index (χ1v) is 5.37. The topological polar surface area (TPSA) is 35.2 Å². The van der Waals surface area contributed by atoms with Crippen LogP contribution in [-0.4, -0.2) is 13.7 Å². The van der Waals surface area contributed by atoms with Gasteiger partial charge in [0.15, 0.2) is 11.6 Å². The van der Waals surface area contributed by atoms with Gasteiger partial charge in [-0.2, -0.15) is 0 Å². The zero-order valence-corrected chi connectivity index (χ0v) is 9.22. The molecule has 0 aliphatic heterocycles. The van der Waals surface area contributed by atoms with Crippen molar-refractivity contribution >= 4 is 0 Å². The molecular formula is C12H15F2NO. The van der Waals surface area contributed by atoms with Gasteiger partial charge in [0, 0.05) is 17.5 Å². The van der Waals surface area contributed by atoms with Crippen LogP contribution >= 0.6 is 0 Å². The quantitative estimate of drug-likeness (QED) is 0.860. The van der Waals surface area contributed by atoms with Crippen molar-refractivity contribution in [2.75, 3.05) is 13.7 Å². The average Bonchev–Trinajstić information content (AvgIpc) is 2.22. The Morgan fingerprint density at radius 1 is 1.31 bits per heavy atom. The van der Waals surface area contributed by atoms with Crippen LogP contribution in [0.25, 0.3) is 0 Å². The maximum absolute atomic E-state index is 13.8. The first kappa shape index (κ1) is 11.3. The lowest BCUT2D eigenvalue weighted by molar-refractivity contribution is 0.231. The van der Waals surface area contributed by atoms with E-state index in [0.29, 0.717) is 12.1 Å². The number of methoxy groups -OCH3 is 1. The number of halogens is 2. The monoisotopic (exact) mass is 227 g/mol. The molecule has 2 nitrogen and oxygen atoms in total. The third kappa shape index (κ3) is 1.48. The molecule has 2 rings (SSSR count). The Morgan fingerprint density at radius 2 is 1.94 bits per heavy atom. The fraction of sp³-hybridized carbons (Fsp3) is 0.500. The molecule has 4 heteroatoms. The van der Waals surface area contributed by atoms with E-state index in [1.54, 1.807) is 0 Å². The third-order valence-corrected chi connectivity index (χ3v) is 3.49. The molecule has 0 aromatic heterocycles. The minimum absolute atomic E-state index is 0.00477. The minimum atomic E-state index is -0.529. The van der Waals surface area contributed by atoms with Gasteiger partial charge in [0.1, 0.15) is 5.82 Å². The standard InChI is InChI=1S/C12H15F2NO/c1-16-11-9(14)4-3-8(13)10(11)12(7-15)5-2-6-12/h3-4H,2,5-7,15H2,1H3. The maximum Gasteiger partial charge on any atom is 0.165 e. The van der Waals surface area contributed by atoms with Gasteiger partial charge >= 0.3 is 0 Å². The molecule has 1 aromatic rings. The summed E-state index contributed by atoms with van der Waals surface area (Å²) in [6.45, 7) is 0.323. The van der Waals surface area contributed by atoms with E-state index in [4.69, 9.17) is 10.5 Å². The summed E-state index contributed by atoms with van der Waals surface area (Å²) < 4.78 is 32.3. The fourth-order valence-electron chi connectivity index (χ4n) is 2.39. The zero-order valence-electron chi connectivity index (χ0n) is 9.22. The van der Waals surface area contributed by atoms with E-state index in [2.05, 4.69) is 0 Å². The highest BCUT2D eigenvalue weighted by Crippen LogP contribution is 2.48. The van der Waals surface area contributed by atoms with Crippen molar-refractivity contribution in [3.63, 3.8) is 0 Å². The lowest BCUT2D eigenvalue weighted by Crippen LogP contribution is -2.42. The predicted octanol–water partition coefficient (Wildman–Crippen LogP) is 2.35. The summed E-state index contributed by atoms with van der Waals surface area (Å²) in [6.07, 6.45) is 2.58. The van der Waals surface area contributed by atoms with E-state index in [1.165, 1.54) is 7.11 Å². The lowest BCUT2D eigenvalue weighted by Gasteiger charge is -2.42. The molecule has 0 heterocycles. The maximum atomic E-state index is 13.8. The Kier molecular flexibility index (Phi) is 2.84. The van der Waals surface area contributed by atoms with Gasteiger partial charge in [0.05, 0.1) is 7.11 Å². The van der Waals surface area contributed by atoms with Gasteiger partial charge in [-0.1, -0.05) is 6.42 Å². The molecule has 16 heavy (non-hydrogen) atoms. The predicted molar refractivity (Wildman–Crippen MR) is 57.5 cm³/mol. The highest BCUT2D eigenvalue weighted by molar-refractivity contribution is 5.43.